The fourth-order valence-electron chi connectivity index (χ4n) is 3.19. The Balaban J connectivity index is 1.40. The average molecular weight is 409 g/mol. The number of rotatable bonds is 4. The number of halogens is 4. The third kappa shape index (κ3) is 3.93. The molecule has 1 saturated heterocycles. The van der Waals surface area contributed by atoms with Gasteiger partial charge in [-0.2, -0.15) is 0 Å². The normalized spacial score (nSPS) is 16.0. The first-order valence-corrected chi connectivity index (χ1v) is 8.90. The lowest BCUT2D eigenvalue weighted by atomic mass is 10.1. The molecule has 1 fully saturated rings. The number of aromatic nitrogens is 1. The summed E-state index contributed by atoms with van der Waals surface area (Å²) in [6.45, 7) is -0.642. The van der Waals surface area contributed by atoms with E-state index in [4.69, 9.17) is 11.6 Å². The van der Waals surface area contributed by atoms with Crippen LogP contribution in [0.15, 0.2) is 42.6 Å². The lowest BCUT2D eigenvalue weighted by Gasteiger charge is -2.38. The Hall–Kier alpha value is -2.71. The van der Waals surface area contributed by atoms with Gasteiger partial charge in [0.25, 0.3) is 5.92 Å². The summed E-state index contributed by atoms with van der Waals surface area (Å²) >= 11 is 5.98. The van der Waals surface area contributed by atoms with Gasteiger partial charge in [-0.05, 0) is 30.3 Å². The number of aromatic amines is 1. The highest BCUT2D eigenvalue weighted by Gasteiger charge is 2.43. The van der Waals surface area contributed by atoms with Crippen LogP contribution in [0.25, 0.3) is 10.9 Å². The summed E-state index contributed by atoms with van der Waals surface area (Å²) in [5, 5.41) is 6.51. The highest BCUT2D eigenvalue weighted by Crippen LogP contribution is 2.29. The first kappa shape index (κ1) is 18.6. The second-order valence-corrected chi connectivity index (χ2v) is 7.22. The molecule has 1 aliphatic rings. The second-order valence-electron chi connectivity index (χ2n) is 6.78. The van der Waals surface area contributed by atoms with Crippen molar-refractivity contribution in [3.05, 3.63) is 59.0 Å². The summed E-state index contributed by atoms with van der Waals surface area (Å²) in [5.74, 6) is -3.25. The molecule has 2 heterocycles. The molecule has 3 N–H and O–H groups in total. The number of urea groups is 1. The van der Waals surface area contributed by atoms with E-state index in [1.54, 1.807) is 24.4 Å². The topological polar surface area (TPSA) is 60.2 Å². The fraction of sp³-hybridized carbons (Fsp3) is 0.211. The first-order chi connectivity index (χ1) is 13.3. The van der Waals surface area contributed by atoms with Gasteiger partial charge in [-0.15, -0.1) is 0 Å². The van der Waals surface area contributed by atoms with Gasteiger partial charge < -0.3 is 15.6 Å². The van der Waals surface area contributed by atoms with Crippen molar-refractivity contribution in [2.45, 2.75) is 12.5 Å². The van der Waals surface area contributed by atoms with Gasteiger partial charge in [-0.3, -0.25) is 4.90 Å². The quantitative estimate of drug-likeness (QED) is 0.565. The van der Waals surface area contributed by atoms with Gasteiger partial charge in [0.05, 0.1) is 18.8 Å². The van der Waals surface area contributed by atoms with E-state index in [1.807, 2.05) is 0 Å². The number of alkyl halides is 2. The van der Waals surface area contributed by atoms with Gasteiger partial charge in [0.15, 0.2) is 0 Å². The second kappa shape index (κ2) is 7.03. The Bertz CT molecular complexity index is 1040. The molecular weight excluding hydrogens is 393 g/mol. The van der Waals surface area contributed by atoms with Crippen LogP contribution in [0.3, 0.4) is 0 Å². The molecule has 0 atom stereocenters. The Morgan fingerprint density at radius 2 is 1.96 bits per heavy atom. The number of anilines is 2. The summed E-state index contributed by atoms with van der Waals surface area (Å²) in [5.41, 5.74) is 1.90. The van der Waals surface area contributed by atoms with Gasteiger partial charge in [-0.25, -0.2) is 18.0 Å². The van der Waals surface area contributed by atoms with E-state index in [9.17, 15) is 18.0 Å². The maximum atomic E-state index is 14.2. The van der Waals surface area contributed by atoms with Crippen molar-refractivity contribution in [2.24, 2.45) is 0 Å². The maximum absolute atomic E-state index is 14.2. The molecule has 0 radical (unpaired) electrons. The number of carbonyl (C=O) groups excluding carboxylic acids is 1. The molecule has 0 spiro atoms. The van der Waals surface area contributed by atoms with Crippen LogP contribution in [0.2, 0.25) is 5.02 Å². The van der Waals surface area contributed by atoms with Crippen molar-refractivity contribution < 1.29 is 18.0 Å². The number of hydrogen-bond acceptors (Lipinski definition) is 2. The van der Waals surface area contributed by atoms with Gasteiger partial charge in [-0.1, -0.05) is 17.7 Å². The number of nitrogens with one attached hydrogen (secondary N) is 3. The van der Waals surface area contributed by atoms with Crippen LogP contribution >= 0.6 is 11.6 Å². The van der Waals surface area contributed by atoms with Gasteiger partial charge in [0, 0.05) is 39.9 Å². The predicted octanol–water partition coefficient (Wildman–Crippen LogP) is 5.06. The molecule has 2 amide bonds. The number of benzene rings is 2. The van der Waals surface area contributed by atoms with Crippen LogP contribution in [0.1, 0.15) is 5.56 Å². The summed E-state index contributed by atoms with van der Waals surface area (Å²) in [4.78, 5) is 16.7. The van der Waals surface area contributed by atoms with Crippen LogP contribution in [0.5, 0.6) is 0 Å². The summed E-state index contributed by atoms with van der Waals surface area (Å²) in [6, 6.07) is 8.87. The van der Waals surface area contributed by atoms with Crippen LogP contribution < -0.4 is 10.6 Å². The molecule has 0 bridgehead atoms. The number of fused-ring (bicyclic) bond motifs is 1. The first-order valence-electron chi connectivity index (χ1n) is 8.52. The molecule has 4 rings (SSSR count). The fourth-order valence-corrected chi connectivity index (χ4v) is 3.37. The number of hydrogen-bond donors (Lipinski definition) is 3. The van der Waals surface area contributed by atoms with Crippen LogP contribution in [-0.2, 0) is 6.54 Å². The highest BCUT2D eigenvalue weighted by molar-refractivity contribution is 6.31. The molecular formula is C19H16ClF3N4O. The Kier molecular flexibility index (Phi) is 4.68. The molecule has 146 valence electrons. The highest BCUT2D eigenvalue weighted by atomic mass is 35.5. The minimum Gasteiger partial charge on any atom is -0.359 e. The van der Waals surface area contributed by atoms with Gasteiger partial charge in [0.2, 0.25) is 0 Å². The third-order valence-corrected chi connectivity index (χ3v) is 4.74. The standard InChI is InChI=1S/C19H16ClF3N4O/c20-12-2-4-16-14(5-12)17(7-24-16)26-18(28)25-13-3-1-11(15(21)6-13)8-27-9-19(22,23)10-27/h1-7,24H,8-10H2,(H2,25,26,28). The molecule has 1 aromatic heterocycles. The zero-order chi connectivity index (χ0) is 19.9. The number of nitrogens with zero attached hydrogens (tertiary/aromatic N) is 1. The Morgan fingerprint density at radius 1 is 1.18 bits per heavy atom. The minimum atomic E-state index is -2.69. The largest absolute Gasteiger partial charge is 0.359 e. The summed E-state index contributed by atoms with van der Waals surface area (Å²) in [7, 11) is 0. The van der Waals surface area contributed by atoms with Crippen LogP contribution in [0, 0.1) is 5.82 Å². The zero-order valence-corrected chi connectivity index (χ0v) is 15.3. The van der Waals surface area contributed by atoms with Crippen molar-refractivity contribution >= 4 is 39.9 Å². The van der Waals surface area contributed by atoms with Crippen LogP contribution in [-0.4, -0.2) is 34.9 Å². The van der Waals surface area contributed by atoms with E-state index in [0.29, 0.717) is 16.3 Å². The molecule has 0 saturated carbocycles. The molecule has 28 heavy (non-hydrogen) atoms. The van der Waals surface area contributed by atoms with Crippen molar-refractivity contribution in [3.63, 3.8) is 0 Å². The van der Waals surface area contributed by atoms with Crippen molar-refractivity contribution in [1.29, 1.82) is 0 Å². The molecule has 5 nitrogen and oxygen atoms in total. The monoisotopic (exact) mass is 408 g/mol. The number of carbonyl (C=O) groups is 1. The summed E-state index contributed by atoms with van der Waals surface area (Å²) in [6.07, 6.45) is 1.63. The van der Waals surface area contributed by atoms with E-state index >= 15 is 0 Å². The molecule has 2 aromatic carbocycles. The zero-order valence-electron chi connectivity index (χ0n) is 14.5. The average Bonchev–Trinajstić information content (AvgIpc) is 2.97. The smallest absolute Gasteiger partial charge is 0.323 e. The Labute approximate surface area is 163 Å². The van der Waals surface area contributed by atoms with Crippen LogP contribution in [0.4, 0.5) is 29.3 Å². The van der Waals surface area contributed by atoms with E-state index in [-0.39, 0.29) is 25.3 Å². The third-order valence-electron chi connectivity index (χ3n) is 4.51. The van der Waals surface area contributed by atoms with Crippen molar-refractivity contribution in [2.75, 3.05) is 23.7 Å². The number of likely N-dealkylation sites (tertiary alicyclic amines) is 1. The van der Waals surface area contributed by atoms with E-state index in [0.717, 1.165) is 10.9 Å². The minimum absolute atomic E-state index is 0.101. The molecule has 3 aromatic rings. The number of H-pyrrole nitrogens is 1. The lowest BCUT2D eigenvalue weighted by Crippen LogP contribution is -2.55. The maximum Gasteiger partial charge on any atom is 0.323 e. The van der Waals surface area contributed by atoms with Gasteiger partial charge >= 0.3 is 6.03 Å². The molecule has 9 heteroatoms. The van der Waals surface area contributed by atoms with E-state index in [2.05, 4.69) is 15.6 Å². The Morgan fingerprint density at radius 3 is 2.68 bits per heavy atom. The molecule has 0 unspecified atom stereocenters. The van der Waals surface area contributed by atoms with E-state index in [1.165, 1.54) is 23.1 Å². The van der Waals surface area contributed by atoms with Gasteiger partial charge in [0.1, 0.15) is 5.82 Å². The summed E-state index contributed by atoms with van der Waals surface area (Å²) < 4.78 is 40.0. The van der Waals surface area contributed by atoms with Crippen molar-refractivity contribution in [1.82, 2.24) is 9.88 Å². The lowest BCUT2D eigenvalue weighted by molar-refractivity contribution is -0.134. The number of amides is 2. The molecule has 0 aliphatic carbocycles. The van der Waals surface area contributed by atoms with E-state index < -0.39 is 17.8 Å². The van der Waals surface area contributed by atoms with Crippen molar-refractivity contribution in [3.8, 4) is 0 Å². The predicted molar refractivity (Wildman–Crippen MR) is 103 cm³/mol. The SMILES string of the molecule is O=C(Nc1ccc(CN2CC(F)(F)C2)c(F)c1)Nc1c[nH]c2ccc(Cl)cc12. The molecule has 1 aliphatic heterocycles.